The molecular weight excluding hydrogens is 178 g/mol. The molecule has 0 N–H and O–H groups in total. The highest BCUT2D eigenvalue weighted by atomic mass is 32.2. The van der Waals surface area contributed by atoms with E-state index in [4.69, 9.17) is 8.92 Å². The summed E-state index contributed by atoms with van der Waals surface area (Å²) in [4.78, 5) is 11.3. The molecule has 0 saturated carbocycles. The van der Waals surface area contributed by atoms with Gasteiger partial charge in [-0.1, -0.05) is 0 Å². The summed E-state index contributed by atoms with van der Waals surface area (Å²) in [6.07, 6.45) is -0.230. The molecule has 12 heavy (non-hydrogen) atoms. The first kappa shape index (κ1) is 9.67. The van der Waals surface area contributed by atoms with Crippen LogP contribution >= 0.6 is 12.2 Å². The molecule has 4 nitrogen and oxygen atoms in total. The van der Waals surface area contributed by atoms with Crippen LogP contribution in [0, 0.1) is 0 Å². The van der Waals surface area contributed by atoms with E-state index in [1.54, 1.807) is 4.31 Å². The quantitative estimate of drug-likeness (QED) is 0.572. The van der Waals surface area contributed by atoms with Gasteiger partial charge in [0.15, 0.2) is 0 Å². The van der Waals surface area contributed by atoms with Crippen molar-refractivity contribution in [2.24, 2.45) is 0 Å². The van der Waals surface area contributed by atoms with Crippen LogP contribution in [-0.2, 0) is 8.92 Å². The van der Waals surface area contributed by atoms with Gasteiger partial charge >= 0.3 is 6.09 Å². The Hall–Kier alpha value is -0.420. The first-order valence-electron chi connectivity index (χ1n) is 4.05. The summed E-state index contributed by atoms with van der Waals surface area (Å²) in [7, 11) is 0. The molecule has 0 aliphatic carbocycles. The van der Waals surface area contributed by atoms with Crippen molar-refractivity contribution in [3.8, 4) is 0 Å². The van der Waals surface area contributed by atoms with Crippen LogP contribution in [-0.4, -0.2) is 29.2 Å². The molecule has 0 aromatic rings. The van der Waals surface area contributed by atoms with Crippen molar-refractivity contribution in [2.45, 2.75) is 26.4 Å². The monoisotopic (exact) mass is 195 g/mol. The average molecular weight is 195 g/mol. The number of hydrogen-bond acceptors (Lipinski definition) is 3. The van der Waals surface area contributed by atoms with Crippen LogP contribution in [0.5, 0.6) is 0 Å². The summed E-state index contributed by atoms with van der Waals surface area (Å²) in [6, 6.07) is 0. The van der Waals surface area contributed by atoms with Crippen molar-refractivity contribution < 1.29 is 13.7 Å². The Bertz CT molecular complexity index is 172. The minimum Gasteiger partial charge on any atom is -0.443 e. The Kier molecular flexibility index (Phi) is 2.85. The molecule has 1 amide bonds. The first-order valence-corrected chi connectivity index (χ1v) is 5.26. The van der Waals surface area contributed by atoms with Gasteiger partial charge in [-0.05, 0) is 20.8 Å². The molecule has 0 spiro atoms. The zero-order valence-electron chi connectivity index (χ0n) is 7.79. The number of rotatable bonds is 0. The van der Waals surface area contributed by atoms with Crippen LogP contribution in [0.15, 0.2) is 0 Å². The van der Waals surface area contributed by atoms with E-state index in [-0.39, 0.29) is 6.09 Å². The van der Waals surface area contributed by atoms with Gasteiger partial charge in [-0.3, -0.25) is 4.31 Å². The lowest BCUT2D eigenvalue weighted by molar-refractivity contribution is 0.0416. The summed E-state index contributed by atoms with van der Waals surface area (Å²) in [6.45, 7) is 6.96. The second-order valence-corrected chi connectivity index (χ2v) is 5.21. The van der Waals surface area contributed by atoms with Crippen molar-refractivity contribution in [3.05, 3.63) is 0 Å². The second-order valence-electron chi connectivity index (χ2n) is 3.78. The van der Waals surface area contributed by atoms with Gasteiger partial charge in [-0.15, -0.1) is 0 Å². The van der Waals surface area contributed by atoms with E-state index >= 15 is 0 Å². The lowest BCUT2D eigenvalue weighted by Gasteiger charge is -2.24. The third kappa shape index (κ3) is 2.91. The van der Waals surface area contributed by atoms with Crippen LogP contribution in [0.2, 0.25) is 0 Å². The molecule has 5 heteroatoms. The Morgan fingerprint density at radius 1 is 1.58 bits per heavy atom. The van der Waals surface area contributed by atoms with Crippen LogP contribution in [0.1, 0.15) is 20.8 Å². The average Bonchev–Trinajstić information content (AvgIpc) is 2.32. The number of carbonyl (C=O) groups is 1. The maximum atomic E-state index is 11.3. The molecule has 1 aliphatic heterocycles. The molecule has 1 heterocycles. The molecule has 1 fully saturated rings. The van der Waals surface area contributed by atoms with Crippen LogP contribution in [0.4, 0.5) is 4.79 Å². The van der Waals surface area contributed by atoms with Gasteiger partial charge in [0.1, 0.15) is 5.60 Å². The number of amides is 1. The predicted octanol–water partition coefficient (Wildman–Crippen LogP) is 0.746. The number of ether oxygens (including phenoxy) is 1. The highest BCUT2D eigenvalue weighted by molar-refractivity contribution is 7.93. The van der Waals surface area contributed by atoms with Crippen LogP contribution in [0.3, 0.4) is 0 Å². The Balaban J connectivity index is 2.37. The van der Waals surface area contributed by atoms with E-state index in [1.807, 2.05) is 20.8 Å². The van der Waals surface area contributed by atoms with Crippen molar-refractivity contribution in [1.29, 1.82) is 0 Å². The lowest BCUT2D eigenvalue weighted by atomic mass is 10.2. The highest BCUT2D eigenvalue weighted by Gasteiger charge is 2.22. The third-order valence-electron chi connectivity index (χ3n) is 1.40. The maximum absolute atomic E-state index is 11.3. The standard InChI is InChI=1S/C7H17NO3S/c1-7(2,3)11-6(9)8-4-5-10-12-8/h4-5H2,1-3H3,12H4. The van der Waals surface area contributed by atoms with E-state index in [9.17, 15) is 4.79 Å². The van der Waals surface area contributed by atoms with E-state index in [2.05, 4.69) is 0 Å². The maximum Gasteiger partial charge on any atom is 0.418 e. The van der Waals surface area contributed by atoms with Gasteiger partial charge in [0.25, 0.3) is 0 Å². The van der Waals surface area contributed by atoms with Crippen molar-refractivity contribution >= 4 is 18.3 Å². The molecule has 74 valence electrons. The summed E-state index contributed by atoms with van der Waals surface area (Å²) in [5.74, 6) is 0. The minimum absolute atomic E-state index is 0.230. The molecule has 0 radical (unpaired) electrons. The number of carbonyl (C=O) groups excluding carboxylic acids is 1. The molecule has 0 atom stereocenters. The zero-order valence-corrected chi connectivity index (χ0v) is 9.21. The zero-order chi connectivity index (χ0) is 9.19. The third-order valence-corrected chi connectivity index (χ3v) is 2.76. The first-order chi connectivity index (χ1) is 5.49. The molecule has 1 rings (SSSR count). The van der Waals surface area contributed by atoms with Gasteiger partial charge in [0, 0.05) is 0 Å². The Morgan fingerprint density at radius 2 is 2.25 bits per heavy atom. The van der Waals surface area contributed by atoms with Crippen LogP contribution in [0.25, 0.3) is 0 Å². The van der Waals surface area contributed by atoms with E-state index < -0.39 is 17.8 Å². The van der Waals surface area contributed by atoms with Crippen molar-refractivity contribution in [3.63, 3.8) is 0 Å². The molecule has 1 aliphatic rings. The molecule has 0 bridgehead atoms. The minimum atomic E-state index is -0.800. The SMILES string of the molecule is CC(C)(C)OC(=O)N1CCO[SH4]1. The fourth-order valence-corrected chi connectivity index (χ4v) is 1.79. The van der Waals surface area contributed by atoms with Gasteiger partial charge in [-0.25, -0.2) is 4.79 Å². The van der Waals surface area contributed by atoms with Crippen LogP contribution < -0.4 is 0 Å². The molecule has 0 unspecified atom stereocenters. The van der Waals surface area contributed by atoms with Gasteiger partial charge in [-0.2, -0.15) is 12.2 Å². The molecular formula is C7H17NO3S. The Labute approximate surface area is 76.5 Å². The molecule has 1 saturated heterocycles. The van der Waals surface area contributed by atoms with E-state index in [1.165, 1.54) is 0 Å². The van der Waals surface area contributed by atoms with Gasteiger partial charge in [0.2, 0.25) is 0 Å². The second kappa shape index (κ2) is 3.53. The normalized spacial score (nSPS) is 18.8. The molecule has 0 aromatic carbocycles. The van der Waals surface area contributed by atoms with Gasteiger partial charge in [0.05, 0.1) is 13.2 Å². The summed E-state index contributed by atoms with van der Waals surface area (Å²) in [5.41, 5.74) is -0.395. The van der Waals surface area contributed by atoms with E-state index in [0.29, 0.717) is 13.2 Å². The summed E-state index contributed by atoms with van der Waals surface area (Å²) in [5, 5.41) is 0. The highest BCUT2D eigenvalue weighted by Crippen LogP contribution is 2.21. The fourth-order valence-electron chi connectivity index (χ4n) is 0.885. The van der Waals surface area contributed by atoms with E-state index in [0.717, 1.165) is 0 Å². The van der Waals surface area contributed by atoms with Gasteiger partial charge < -0.3 is 8.92 Å². The predicted molar refractivity (Wildman–Crippen MR) is 52.1 cm³/mol. The topological polar surface area (TPSA) is 38.8 Å². The molecule has 0 aromatic heterocycles. The number of nitrogens with zero attached hydrogens (tertiary/aromatic N) is 1. The largest absolute Gasteiger partial charge is 0.443 e. The summed E-state index contributed by atoms with van der Waals surface area (Å²) < 4.78 is 12.0. The fraction of sp³-hybridized carbons (Fsp3) is 0.857. The van der Waals surface area contributed by atoms with Crippen molar-refractivity contribution in [2.75, 3.05) is 13.2 Å². The number of hydrogen-bond donors (Lipinski definition) is 0. The van der Waals surface area contributed by atoms with Crippen molar-refractivity contribution in [1.82, 2.24) is 4.31 Å². The smallest absolute Gasteiger partial charge is 0.418 e. The Morgan fingerprint density at radius 3 is 2.67 bits per heavy atom. The lowest BCUT2D eigenvalue weighted by Crippen LogP contribution is -2.31. The summed E-state index contributed by atoms with van der Waals surface area (Å²) >= 11 is -0.800.